The second-order valence-electron chi connectivity index (χ2n) is 19.2. The van der Waals surface area contributed by atoms with E-state index < -0.39 is 137 Å². The molecule has 5 aliphatic rings. The van der Waals surface area contributed by atoms with E-state index >= 15 is 4.79 Å². The molecule has 1 saturated heterocycles. The molecule has 360 valence electrons. The Morgan fingerprint density at radius 3 is 1.93 bits per heavy atom. The average molecular weight is 938 g/mol. The molecule has 3 aromatic rings. The first-order valence-electron chi connectivity index (χ1n) is 22.6. The summed E-state index contributed by atoms with van der Waals surface area (Å²) in [4.78, 5) is 98.3. The number of nitrogens with one attached hydrogen (secondary N) is 1. The zero-order valence-corrected chi connectivity index (χ0v) is 38.4. The Balaban J connectivity index is 1.30. The molecule has 0 aromatic heterocycles. The lowest BCUT2D eigenvalue weighted by molar-refractivity contribution is -0.370. The summed E-state index contributed by atoms with van der Waals surface area (Å²) in [6, 6.07) is 22.6. The van der Waals surface area contributed by atoms with Gasteiger partial charge in [-0.15, -0.1) is 0 Å². The van der Waals surface area contributed by atoms with Gasteiger partial charge in [-0.1, -0.05) is 80.6 Å². The zero-order valence-electron chi connectivity index (χ0n) is 38.4. The minimum atomic E-state index is -2.52. The van der Waals surface area contributed by atoms with Crippen LogP contribution in [0.1, 0.15) is 93.1 Å². The van der Waals surface area contributed by atoms with Crippen molar-refractivity contribution in [2.24, 2.45) is 22.7 Å². The number of hydrogen-bond acceptors (Lipinski definition) is 16. The third kappa shape index (κ3) is 8.07. The van der Waals surface area contributed by atoms with Crippen LogP contribution in [0.3, 0.4) is 0 Å². The topological polar surface area (TPSA) is 248 Å². The molecule has 68 heavy (non-hydrogen) atoms. The SMILES string of the molecule is CC(=O)O[C@H]1C(=O)[C@]2(C)[C@H](O)[C@H](OC(=O)C3CC3)[C@H]3OC[C@@]3(OC(C)=O)[C@H]2[C@H](OC(=O)c2ccccc2)[C@]2(O)C[C@H](OC(=O)[C@H](O)[C@@H](NC(=O)c3ccccc3)c3ccccc3)C(C)=C1C2(C)C. The number of ether oxygens (including phenoxy) is 6. The van der Waals surface area contributed by atoms with Crippen LogP contribution in [0, 0.1) is 22.7 Å². The number of rotatable bonds is 12. The lowest BCUT2D eigenvalue weighted by atomic mass is 9.44. The van der Waals surface area contributed by atoms with E-state index in [1.165, 1.54) is 39.8 Å². The van der Waals surface area contributed by atoms with Gasteiger partial charge >= 0.3 is 29.8 Å². The largest absolute Gasteiger partial charge is 0.456 e. The van der Waals surface area contributed by atoms with Crippen molar-refractivity contribution >= 4 is 41.5 Å². The van der Waals surface area contributed by atoms with Crippen molar-refractivity contribution in [2.45, 2.75) is 121 Å². The molecule has 0 spiro atoms. The number of fused-ring (bicyclic) bond motifs is 5. The number of aliphatic hydroxyl groups excluding tert-OH is 2. The molecule has 3 saturated carbocycles. The predicted molar refractivity (Wildman–Crippen MR) is 236 cm³/mol. The van der Waals surface area contributed by atoms with Crippen LogP contribution < -0.4 is 5.32 Å². The molecule has 17 nitrogen and oxygen atoms in total. The maximum absolute atomic E-state index is 15.9. The third-order valence-corrected chi connectivity index (χ3v) is 14.7. The number of carbonyl (C=O) groups is 7. The van der Waals surface area contributed by atoms with Gasteiger partial charge in [0.05, 0.1) is 35.5 Å². The first kappa shape index (κ1) is 48.2. The van der Waals surface area contributed by atoms with E-state index in [0.29, 0.717) is 18.4 Å². The fourth-order valence-corrected chi connectivity index (χ4v) is 10.9. The molecule has 1 amide bonds. The number of benzene rings is 3. The molecule has 17 heteroatoms. The second-order valence-corrected chi connectivity index (χ2v) is 19.2. The summed E-state index contributed by atoms with van der Waals surface area (Å²) in [5, 5.41) is 41.2. The van der Waals surface area contributed by atoms with Gasteiger partial charge in [-0.25, -0.2) is 9.59 Å². The summed E-state index contributed by atoms with van der Waals surface area (Å²) in [5.41, 5.74) is -8.14. The van der Waals surface area contributed by atoms with Crippen LogP contribution in [0.5, 0.6) is 0 Å². The number of esters is 5. The molecule has 12 atom stereocenters. The van der Waals surface area contributed by atoms with E-state index in [0.717, 1.165) is 13.8 Å². The van der Waals surface area contributed by atoms with Crippen molar-refractivity contribution in [3.8, 4) is 0 Å². The monoisotopic (exact) mass is 937 g/mol. The quantitative estimate of drug-likeness (QED) is 0.115. The second kappa shape index (κ2) is 18.0. The van der Waals surface area contributed by atoms with Crippen LogP contribution in [-0.2, 0) is 52.4 Å². The van der Waals surface area contributed by atoms with E-state index in [1.54, 1.807) is 78.9 Å². The van der Waals surface area contributed by atoms with Gasteiger partial charge in [-0.3, -0.25) is 24.0 Å². The molecule has 0 radical (unpaired) electrons. The fraction of sp³-hybridized carbons (Fsp3) is 0.471. The molecular weight excluding hydrogens is 883 g/mol. The lowest BCUT2D eigenvalue weighted by Crippen LogP contribution is -2.85. The highest BCUT2D eigenvalue weighted by Crippen LogP contribution is 2.65. The Hall–Kier alpha value is -6.27. The summed E-state index contributed by atoms with van der Waals surface area (Å²) in [7, 11) is 0. The third-order valence-electron chi connectivity index (χ3n) is 14.7. The van der Waals surface area contributed by atoms with Gasteiger partial charge in [0, 0.05) is 31.2 Å². The first-order valence-corrected chi connectivity index (χ1v) is 22.6. The average Bonchev–Trinajstić information content (AvgIpc) is 4.16. The van der Waals surface area contributed by atoms with E-state index in [4.69, 9.17) is 28.4 Å². The predicted octanol–water partition coefficient (Wildman–Crippen LogP) is 3.67. The minimum absolute atomic E-state index is 0.00990. The normalized spacial score (nSPS) is 32.2. The van der Waals surface area contributed by atoms with Gasteiger partial charge in [-0.2, -0.15) is 0 Å². The highest BCUT2D eigenvalue weighted by Gasteiger charge is 2.81. The number of carbonyl (C=O) groups excluding carboxylic acids is 7. The van der Waals surface area contributed by atoms with E-state index in [2.05, 4.69) is 5.32 Å². The maximum atomic E-state index is 15.9. The van der Waals surface area contributed by atoms with Gasteiger partial charge in [0.2, 0.25) is 0 Å². The molecule has 1 heterocycles. The standard InChI is InChI=1S/C51H55NO16/c1-26-33(65-47(61)36(55)35(29-16-10-7-11-17-29)52-44(58)30-18-12-8-13-19-30)24-51(62)43(67-46(60)31-20-14-9-15-21-31)39-49(6,40(56)37(64-27(2)53)34(26)48(51,4)5)41(57)38(66-45(59)32-22-23-32)42-50(39,25-63-42)68-28(3)54/h7-21,32-33,35-39,41-43,55,57,62H,22-25H2,1-6H3,(H,52,58)/t33-,35-,36+,37+,38-,39-,41+,42+,43-,49+,50+,51+/m0/s1. The van der Waals surface area contributed by atoms with Gasteiger partial charge in [0.25, 0.3) is 5.91 Å². The maximum Gasteiger partial charge on any atom is 0.338 e. The van der Waals surface area contributed by atoms with Crippen molar-refractivity contribution in [3.63, 3.8) is 0 Å². The number of amides is 1. The lowest BCUT2D eigenvalue weighted by Gasteiger charge is -2.68. The Morgan fingerprint density at radius 2 is 1.38 bits per heavy atom. The highest BCUT2D eigenvalue weighted by molar-refractivity contribution is 5.96. The Labute approximate surface area is 392 Å². The highest BCUT2D eigenvalue weighted by atomic mass is 16.7. The van der Waals surface area contributed by atoms with Crippen LogP contribution in [0.15, 0.2) is 102 Å². The van der Waals surface area contributed by atoms with Crippen molar-refractivity contribution in [3.05, 3.63) is 119 Å². The van der Waals surface area contributed by atoms with Crippen molar-refractivity contribution < 1.29 is 77.3 Å². The van der Waals surface area contributed by atoms with E-state index in [1.807, 2.05) is 0 Å². The molecule has 4 fully saturated rings. The number of ketones is 1. The number of aliphatic hydroxyl groups is 3. The molecule has 4 aliphatic carbocycles. The summed E-state index contributed by atoms with van der Waals surface area (Å²) in [6.45, 7) is 7.45. The van der Waals surface area contributed by atoms with Crippen molar-refractivity contribution in [2.75, 3.05) is 6.61 Å². The summed E-state index contributed by atoms with van der Waals surface area (Å²) >= 11 is 0. The number of Topliss-reactive ketones (excluding diaryl/α,β-unsaturated/α-hetero) is 1. The molecule has 2 bridgehead atoms. The zero-order chi connectivity index (χ0) is 49.1. The molecule has 3 aromatic carbocycles. The van der Waals surface area contributed by atoms with Crippen LogP contribution in [0.25, 0.3) is 0 Å². The molecule has 0 unspecified atom stereocenters. The first-order chi connectivity index (χ1) is 32.2. The fourth-order valence-electron chi connectivity index (χ4n) is 10.9. The van der Waals surface area contributed by atoms with Crippen molar-refractivity contribution in [1.82, 2.24) is 5.32 Å². The van der Waals surface area contributed by atoms with Crippen LogP contribution in [0.2, 0.25) is 0 Å². The van der Waals surface area contributed by atoms with E-state index in [-0.39, 0.29) is 22.3 Å². The van der Waals surface area contributed by atoms with Gasteiger partial charge in [0.1, 0.15) is 30.0 Å². The Bertz CT molecular complexity index is 2530. The summed E-state index contributed by atoms with van der Waals surface area (Å²) < 4.78 is 36.6. The minimum Gasteiger partial charge on any atom is -0.456 e. The molecular formula is C51H55NO16. The van der Waals surface area contributed by atoms with Crippen LogP contribution in [0.4, 0.5) is 0 Å². The summed E-state index contributed by atoms with van der Waals surface area (Å²) in [6.07, 6.45) is -12.4. The van der Waals surface area contributed by atoms with Crippen molar-refractivity contribution in [1.29, 1.82) is 0 Å². The summed E-state index contributed by atoms with van der Waals surface area (Å²) in [5.74, 6) is -8.72. The number of hydrogen-bond donors (Lipinski definition) is 4. The Morgan fingerprint density at radius 1 is 0.794 bits per heavy atom. The van der Waals surface area contributed by atoms with Gasteiger partial charge in [0.15, 0.2) is 29.7 Å². The molecule has 4 N–H and O–H groups in total. The van der Waals surface area contributed by atoms with E-state index in [9.17, 15) is 44.1 Å². The molecule has 1 aliphatic heterocycles. The van der Waals surface area contributed by atoms with Crippen LogP contribution in [-0.4, -0.2) is 117 Å². The Kier molecular flexibility index (Phi) is 12.8. The van der Waals surface area contributed by atoms with Gasteiger partial charge < -0.3 is 49.1 Å². The van der Waals surface area contributed by atoms with Crippen LogP contribution >= 0.6 is 0 Å². The van der Waals surface area contributed by atoms with Gasteiger partial charge in [-0.05, 0) is 67.7 Å². The molecule has 8 rings (SSSR count). The smallest absolute Gasteiger partial charge is 0.338 e.